The fraction of sp³-hybridized carbons (Fsp3) is 0.667. The van der Waals surface area contributed by atoms with E-state index in [1.54, 1.807) is 0 Å². The fourth-order valence-electron chi connectivity index (χ4n) is 1.39. The van der Waals surface area contributed by atoms with Gasteiger partial charge in [-0.15, -0.1) is 0 Å². The zero-order valence-electron chi connectivity index (χ0n) is 9.83. The quantitative estimate of drug-likeness (QED) is 0.664. The zero-order valence-corrected chi connectivity index (χ0v) is 9.83. The minimum atomic E-state index is 0.810. The number of aryl methyl sites for hydroxylation is 1. The molecule has 1 N–H and O–H groups in total. The number of hydrogen-bond acceptors (Lipinski definition) is 2. The van der Waals surface area contributed by atoms with Gasteiger partial charge in [0.2, 0.25) is 0 Å². The highest BCUT2D eigenvalue weighted by atomic mass is 16.5. The molecule has 1 rings (SSSR count). The average molecular weight is 210 g/mol. The van der Waals surface area contributed by atoms with Gasteiger partial charge in [0.05, 0.1) is 6.61 Å². The van der Waals surface area contributed by atoms with Crippen LogP contribution in [0.3, 0.4) is 0 Å². The number of nitrogens with one attached hydrogen (secondary N) is 1. The average Bonchev–Trinajstić information content (AvgIpc) is 2.63. The van der Waals surface area contributed by atoms with Crippen molar-refractivity contribution in [3.05, 3.63) is 24.0 Å². The van der Waals surface area contributed by atoms with Gasteiger partial charge in [0.1, 0.15) is 0 Å². The summed E-state index contributed by atoms with van der Waals surface area (Å²) in [5.41, 5.74) is 1.31. The van der Waals surface area contributed by atoms with Crippen molar-refractivity contribution in [1.82, 2.24) is 9.88 Å². The molecular weight excluding hydrogens is 188 g/mol. The van der Waals surface area contributed by atoms with Crippen LogP contribution >= 0.6 is 0 Å². The Morgan fingerprint density at radius 3 is 2.93 bits per heavy atom. The van der Waals surface area contributed by atoms with Gasteiger partial charge in [0, 0.05) is 38.6 Å². The Morgan fingerprint density at radius 2 is 2.27 bits per heavy atom. The third-order valence-electron chi connectivity index (χ3n) is 2.42. The second kappa shape index (κ2) is 7.49. The van der Waals surface area contributed by atoms with Crippen molar-refractivity contribution in [1.29, 1.82) is 0 Å². The van der Waals surface area contributed by atoms with Crippen LogP contribution in [0.5, 0.6) is 0 Å². The molecule has 15 heavy (non-hydrogen) atoms. The van der Waals surface area contributed by atoms with Crippen molar-refractivity contribution in [2.75, 3.05) is 19.8 Å². The van der Waals surface area contributed by atoms with Gasteiger partial charge in [-0.25, -0.2) is 0 Å². The van der Waals surface area contributed by atoms with Crippen molar-refractivity contribution < 1.29 is 4.74 Å². The van der Waals surface area contributed by atoms with E-state index in [1.807, 2.05) is 0 Å². The first kappa shape index (κ1) is 12.3. The smallest absolute Gasteiger partial charge is 0.0591 e. The maximum atomic E-state index is 5.45. The Labute approximate surface area is 92.4 Å². The molecular formula is C12H22N2O. The van der Waals surface area contributed by atoms with Crippen molar-refractivity contribution >= 4 is 0 Å². The van der Waals surface area contributed by atoms with Gasteiger partial charge in [-0.05, 0) is 18.6 Å². The van der Waals surface area contributed by atoms with E-state index in [1.165, 1.54) is 12.1 Å². The molecule has 3 nitrogen and oxygen atoms in total. The summed E-state index contributed by atoms with van der Waals surface area (Å²) in [6.07, 6.45) is 4.43. The van der Waals surface area contributed by atoms with Gasteiger partial charge in [-0.2, -0.15) is 0 Å². The number of rotatable bonds is 8. The molecule has 0 bridgehead atoms. The van der Waals surface area contributed by atoms with E-state index >= 15 is 0 Å². The Bertz CT molecular complexity index is 258. The summed E-state index contributed by atoms with van der Waals surface area (Å²) < 4.78 is 7.58. The molecule has 86 valence electrons. The molecule has 0 amide bonds. The van der Waals surface area contributed by atoms with Crippen LogP contribution in [0.25, 0.3) is 0 Å². The second-order valence-corrected chi connectivity index (χ2v) is 3.75. The predicted octanol–water partition coefficient (Wildman–Crippen LogP) is 1.93. The van der Waals surface area contributed by atoms with Gasteiger partial charge in [-0.1, -0.05) is 13.3 Å². The van der Waals surface area contributed by atoms with Gasteiger partial charge < -0.3 is 14.6 Å². The minimum absolute atomic E-state index is 0.810. The highest BCUT2D eigenvalue weighted by Crippen LogP contribution is 1.97. The van der Waals surface area contributed by atoms with Crippen LogP contribution in [0.1, 0.15) is 25.5 Å². The maximum Gasteiger partial charge on any atom is 0.0591 e. The Balaban J connectivity index is 1.96. The molecule has 3 heteroatoms. The highest BCUT2D eigenvalue weighted by molar-refractivity contribution is 5.05. The minimum Gasteiger partial charge on any atom is -0.380 e. The van der Waals surface area contributed by atoms with Gasteiger partial charge in [0.15, 0.2) is 0 Å². The summed E-state index contributed by atoms with van der Waals surface area (Å²) >= 11 is 0. The predicted molar refractivity (Wildman–Crippen MR) is 62.8 cm³/mol. The molecule has 0 aliphatic carbocycles. The van der Waals surface area contributed by atoms with Crippen LogP contribution in [-0.2, 0) is 18.3 Å². The molecule has 0 saturated heterocycles. The first-order chi connectivity index (χ1) is 7.34. The number of hydrogen-bond donors (Lipinski definition) is 1. The molecule has 0 atom stereocenters. The van der Waals surface area contributed by atoms with E-state index in [2.05, 4.69) is 42.2 Å². The van der Waals surface area contributed by atoms with Crippen molar-refractivity contribution in [3.63, 3.8) is 0 Å². The monoisotopic (exact) mass is 210 g/mol. The summed E-state index contributed by atoms with van der Waals surface area (Å²) in [6, 6.07) is 4.19. The topological polar surface area (TPSA) is 26.2 Å². The van der Waals surface area contributed by atoms with Crippen molar-refractivity contribution in [2.45, 2.75) is 26.3 Å². The molecule has 0 fully saturated rings. The summed E-state index contributed by atoms with van der Waals surface area (Å²) in [7, 11) is 2.06. The van der Waals surface area contributed by atoms with Crippen LogP contribution in [0, 0.1) is 0 Å². The Morgan fingerprint density at radius 1 is 1.40 bits per heavy atom. The molecule has 0 saturated carbocycles. The first-order valence-electron chi connectivity index (χ1n) is 5.73. The van der Waals surface area contributed by atoms with E-state index < -0.39 is 0 Å². The van der Waals surface area contributed by atoms with Gasteiger partial charge in [0.25, 0.3) is 0 Å². The number of aromatic nitrogens is 1. The largest absolute Gasteiger partial charge is 0.380 e. The summed E-state index contributed by atoms with van der Waals surface area (Å²) in [5.74, 6) is 0. The lowest BCUT2D eigenvalue weighted by Crippen LogP contribution is -2.20. The van der Waals surface area contributed by atoms with Crippen LogP contribution in [0.15, 0.2) is 18.3 Å². The van der Waals surface area contributed by atoms with E-state index in [4.69, 9.17) is 4.74 Å². The van der Waals surface area contributed by atoms with E-state index in [-0.39, 0.29) is 0 Å². The normalized spacial score (nSPS) is 10.8. The molecule has 1 heterocycles. The van der Waals surface area contributed by atoms with Crippen LogP contribution in [-0.4, -0.2) is 24.3 Å². The molecule has 0 aliphatic rings. The third-order valence-corrected chi connectivity index (χ3v) is 2.42. The van der Waals surface area contributed by atoms with Crippen molar-refractivity contribution in [3.8, 4) is 0 Å². The Kier molecular flexibility index (Phi) is 6.12. The van der Waals surface area contributed by atoms with Gasteiger partial charge >= 0.3 is 0 Å². The Hall–Kier alpha value is -0.800. The fourth-order valence-corrected chi connectivity index (χ4v) is 1.39. The summed E-state index contributed by atoms with van der Waals surface area (Å²) in [4.78, 5) is 0. The lowest BCUT2D eigenvalue weighted by molar-refractivity contribution is 0.132. The van der Waals surface area contributed by atoms with E-state index in [0.717, 1.165) is 32.7 Å². The van der Waals surface area contributed by atoms with Crippen molar-refractivity contribution in [2.24, 2.45) is 7.05 Å². The van der Waals surface area contributed by atoms with Gasteiger partial charge in [-0.3, -0.25) is 0 Å². The standard InChI is InChI=1S/C12H22N2O/c1-3-4-9-15-10-7-13-11-12-6-5-8-14(12)2/h5-6,8,13H,3-4,7,9-11H2,1-2H3. The number of unbranched alkanes of at least 4 members (excludes halogenated alkanes) is 1. The highest BCUT2D eigenvalue weighted by Gasteiger charge is 1.95. The zero-order chi connectivity index (χ0) is 10.9. The SMILES string of the molecule is CCCCOCCNCc1cccn1C. The first-order valence-corrected chi connectivity index (χ1v) is 5.73. The number of ether oxygens (including phenoxy) is 1. The summed E-state index contributed by atoms with van der Waals surface area (Å²) in [5, 5.41) is 3.36. The molecule has 0 unspecified atom stereocenters. The van der Waals surface area contributed by atoms with E-state index in [0.29, 0.717) is 0 Å². The summed E-state index contributed by atoms with van der Waals surface area (Å²) in [6.45, 7) is 5.72. The molecule has 1 aromatic heterocycles. The van der Waals surface area contributed by atoms with Crippen LogP contribution in [0.4, 0.5) is 0 Å². The van der Waals surface area contributed by atoms with E-state index in [9.17, 15) is 0 Å². The second-order valence-electron chi connectivity index (χ2n) is 3.75. The van der Waals surface area contributed by atoms with Crippen LogP contribution < -0.4 is 5.32 Å². The number of nitrogens with zero attached hydrogens (tertiary/aromatic N) is 1. The van der Waals surface area contributed by atoms with Crippen LogP contribution in [0.2, 0.25) is 0 Å². The lowest BCUT2D eigenvalue weighted by Gasteiger charge is -2.06. The molecule has 0 aliphatic heterocycles. The molecule has 0 spiro atoms. The third kappa shape index (κ3) is 5.00. The molecule has 0 aromatic carbocycles. The lowest BCUT2D eigenvalue weighted by atomic mass is 10.4. The molecule has 0 radical (unpaired) electrons. The maximum absolute atomic E-state index is 5.45. The molecule has 1 aromatic rings.